The second kappa shape index (κ2) is 7.35. The van der Waals surface area contributed by atoms with Crippen molar-refractivity contribution < 1.29 is 14.7 Å². The number of carboxylic acid groups (broad SMARTS) is 1. The molecule has 6 heteroatoms. The highest BCUT2D eigenvalue weighted by molar-refractivity contribution is 5.78. The van der Waals surface area contributed by atoms with Crippen molar-refractivity contribution in [2.75, 3.05) is 12.3 Å². The highest BCUT2D eigenvalue weighted by atomic mass is 16.4. The van der Waals surface area contributed by atoms with E-state index in [1.165, 1.54) is 6.20 Å². The van der Waals surface area contributed by atoms with Gasteiger partial charge in [0.1, 0.15) is 0 Å². The van der Waals surface area contributed by atoms with Crippen LogP contribution in [-0.2, 0) is 16.0 Å². The Bertz CT molecular complexity index is 431. The molecule has 19 heavy (non-hydrogen) atoms. The fourth-order valence-electron chi connectivity index (χ4n) is 1.53. The lowest BCUT2D eigenvalue weighted by molar-refractivity contribution is -0.137. The second-order valence-electron chi connectivity index (χ2n) is 4.60. The van der Waals surface area contributed by atoms with E-state index in [9.17, 15) is 9.59 Å². The van der Waals surface area contributed by atoms with E-state index in [1.807, 2.05) is 6.92 Å². The Morgan fingerprint density at radius 3 is 2.79 bits per heavy atom. The molecular weight excluding hydrogens is 246 g/mol. The molecule has 0 spiro atoms. The number of nitrogens with zero attached hydrogens (tertiary/aromatic N) is 1. The van der Waals surface area contributed by atoms with Gasteiger partial charge in [-0.3, -0.25) is 14.6 Å². The molecule has 104 valence electrons. The SMILES string of the molecule is CC(CCC(=O)O)CNC(=O)Cc1ccc(N)cn1. The predicted octanol–water partition coefficient (Wildman–Crippen LogP) is 0.823. The van der Waals surface area contributed by atoms with Crippen LogP contribution in [0.25, 0.3) is 0 Å². The summed E-state index contributed by atoms with van der Waals surface area (Å²) in [6, 6.07) is 3.41. The summed E-state index contributed by atoms with van der Waals surface area (Å²) in [5, 5.41) is 11.3. The van der Waals surface area contributed by atoms with Crippen molar-refractivity contribution in [1.29, 1.82) is 0 Å². The van der Waals surface area contributed by atoms with E-state index in [0.717, 1.165) is 0 Å². The molecule has 1 aromatic heterocycles. The summed E-state index contributed by atoms with van der Waals surface area (Å²) >= 11 is 0. The number of pyridine rings is 1. The first-order chi connectivity index (χ1) is 8.97. The molecule has 0 bridgehead atoms. The van der Waals surface area contributed by atoms with Crippen molar-refractivity contribution in [1.82, 2.24) is 10.3 Å². The molecule has 6 nitrogen and oxygen atoms in total. The van der Waals surface area contributed by atoms with Crippen LogP contribution in [0.15, 0.2) is 18.3 Å². The van der Waals surface area contributed by atoms with Gasteiger partial charge in [0, 0.05) is 18.7 Å². The van der Waals surface area contributed by atoms with Gasteiger partial charge in [-0.05, 0) is 24.5 Å². The van der Waals surface area contributed by atoms with Crippen molar-refractivity contribution in [3.8, 4) is 0 Å². The normalized spacial score (nSPS) is 11.8. The van der Waals surface area contributed by atoms with Gasteiger partial charge in [0.05, 0.1) is 18.3 Å². The molecule has 1 unspecified atom stereocenters. The van der Waals surface area contributed by atoms with Gasteiger partial charge in [0.2, 0.25) is 5.91 Å². The lowest BCUT2D eigenvalue weighted by atomic mass is 10.1. The first-order valence-electron chi connectivity index (χ1n) is 6.16. The number of amides is 1. The van der Waals surface area contributed by atoms with E-state index in [4.69, 9.17) is 10.8 Å². The van der Waals surface area contributed by atoms with Crippen LogP contribution in [0.2, 0.25) is 0 Å². The minimum absolute atomic E-state index is 0.122. The number of nitrogen functional groups attached to an aromatic ring is 1. The third-order valence-corrected chi connectivity index (χ3v) is 2.69. The summed E-state index contributed by atoms with van der Waals surface area (Å²) in [7, 11) is 0. The van der Waals surface area contributed by atoms with Gasteiger partial charge < -0.3 is 16.2 Å². The van der Waals surface area contributed by atoms with Crippen molar-refractivity contribution in [3.63, 3.8) is 0 Å². The number of hydrogen-bond donors (Lipinski definition) is 3. The fourth-order valence-corrected chi connectivity index (χ4v) is 1.53. The van der Waals surface area contributed by atoms with Crippen molar-refractivity contribution in [3.05, 3.63) is 24.0 Å². The molecule has 0 aromatic carbocycles. The maximum Gasteiger partial charge on any atom is 0.303 e. The summed E-state index contributed by atoms with van der Waals surface area (Å²) in [5.41, 5.74) is 6.72. The van der Waals surface area contributed by atoms with Crippen LogP contribution in [0, 0.1) is 5.92 Å². The van der Waals surface area contributed by atoms with E-state index in [-0.39, 0.29) is 24.7 Å². The highest BCUT2D eigenvalue weighted by Crippen LogP contribution is 2.05. The Kier molecular flexibility index (Phi) is 5.78. The minimum atomic E-state index is -0.816. The maximum absolute atomic E-state index is 11.6. The van der Waals surface area contributed by atoms with E-state index in [2.05, 4.69) is 10.3 Å². The third-order valence-electron chi connectivity index (χ3n) is 2.69. The molecule has 0 saturated heterocycles. The maximum atomic E-state index is 11.6. The molecule has 0 aliphatic heterocycles. The average Bonchev–Trinajstić information content (AvgIpc) is 2.36. The standard InChI is InChI=1S/C13H19N3O3/c1-9(2-5-13(18)19)7-16-12(17)6-11-4-3-10(14)8-15-11/h3-4,8-9H,2,5-7,14H2,1H3,(H,16,17)(H,18,19). The lowest BCUT2D eigenvalue weighted by Crippen LogP contribution is -2.30. The summed E-state index contributed by atoms with van der Waals surface area (Å²) in [5.74, 6) is -0.803. The minimum Gasteiger partial charge on any atom is -0.481 e. The van der Waals surface area contributed by atoms with Crippen molar-refractivity contribution in [2.45, 2.75) is 26.2 Å². The molecule has 0 radical (unpaired) electrons. The van der Waals surface area contributed by atoms with Crippen LogP contribution in [-0.4, -0.2) is 28.5 Å². The van der Waals surface area contributed by atoms with Crippen LogP contribution >= 0.6 is 0 Å². The number of carbonyl (C=O) groups excluding carboxylic acids is 1. The summed E-state index contributed by atoms with van der Waals surface area (Å²) in [6.07, 6.45) is 2.39. The Balaban J connectivity index is 2.27. The number of hydrogen-bond acceptors (Lipinski definition) is 4. The number of rotatable bonds is 7. The Morgan fingerprint density at radius 2 is 2.21 bits per heavy atom. The van der Waals surface area contributed by atoms with Gasteiger partial charge in [-0.1, -0.05) is 6.92 Å². The highest BCUT2D eigenvalue weighted by Gasteiger charge is 2.08. The summed E-state index contributed by atoms with van der Waals surface area (Å²) < 4.78 is 0. The number of nitrogens with two attached hydrogens (primary N) is 1. The quantitative estimate of drug-likeness (QED) is 0.677. The van der Waals surface area contributed by atoms with Gasteiger partial charge in [0.15, 0.2) is 0 Å². The van der Waals surface area contributed by atoms with Crippen LogP contribution in [0.3, 0.4) is 0 Å². The zero-order chi connectivity index (χ0) is 14.3. The molecule has 1 aromatic rings. The van der Waals surface area contributed by atoms with Gasteiger partial charge in [-0.25, -0.2) is 0 Å². The smallest absolute Gasteiger partial charge is 0.303 e. The Hall–Kier alpha value is -2.11. The van der Waals surface area contributed by atoms with Crippen LogP contribution < -0.4 is 11.1 Å². The van der Waals surface area contributed by atoms with Crippen LogP contribution in [0.1, 0.15) is 25.5 Å². The second-order valence-corrected chi connectivity index (χ2v) is 4.60. The fraction of sp³-hybridized carbons (Fsp3) is 0.462. The summed E-state index contributed by atoms with van der Waals surface area (Å²) in [4.78, 5) is 26.1. The molecule has 0 saturated carbocycles. The van der Waals surface area contributed by atoms with Crippen LogP contribution in [0.5, 0.6) is 0 Å². The third kappa shape index (κ3) is 6.40. The summed E-state index contributed by atoms with van der Waals surface area (Å²) in [6.45, 7) is 2.38. The number of aliphatic carboxylic acids is 1. The largest absolute Gasteiger partial charge is 0.481 e. The average molecular weight is 265 g/mol. The Morgan fingerprint density at radius 1 is 1.47 bits per heavy atom. The number of aromatic nitrogens is 1. The zero-order valence-corrected chi connectivity index (χ0v) is 10.9. The molecule has 1 heterocycles. The number of nitrogens with one attached hydrogen (secondary N) is 1. The molecule has 4 N–H and O–H groups in total. The first-order valence-corrected chi connectivity index (χ1v) is 6.16. The monoisotopic (exact) mass is 265 g/mol. The molecule has 1 amide bonds. The van der Waals surface area contributed by atoms with E-state index >= 15 is 0 Å². The molecular formula is C13H19N3O3. The molecule has 0 fully saturated rings. The van der Waals surface area contributed by atoms with Gasteiger partial charge in [-0.2, -0.15) is 0 Å². The molecule has 0 aliphatic carbocycles. The molecule has 0 aliphatic rings. The number of anilines is 1. The zero-order valence-electron chi connectivity index (χ0n) is 10.9. The van der Waals surface area contributed by atoms with Crippen molar-refractivity contribution in [2.24, 2.45) is 5.92 Å². The Labute approximate surface area is 112 Å². The van der Waals surface area contributed by atoms with Crippen LogP contribution in [0.4, 0.5) is 5.69 Å². The van der Waals surface area contributed by atoms with E-state index in [1.54, 1.807) is 12.1 Å². The number of carbonyl (C=O) groups is 2. The van der Waals surface area contributed by atoms with Gasteiger partial charge in [0.25, 0.3) is 0 Å². The van der Waals surface area contributed by atoms with E-state index < -0.39 is 5.97 Å². The van der Waals surface area contributed by atoms with E-state index in [0.29, 0.717) is 24.3 Å². The van der Waals surface area contributed by atoms with Gasteiger partial charge in [-0.15, -0.1) is 0 Å². The lowest BCUT2D eigenvalue weighted by Gasteiger charge is -2.11. The molecule has 1 atom stereocenters. The number of carboxylic acids is 1. The first kappa shape index (κ1) is 14.9. The molecule has 1 rings (SSSR count). The van der Waals surface area contributed by atoms with Gasteiger partial charge >= 0.3 is 5.97 Å². The topological polar surface area (TPSA) is 105 Å². The van der Waals surface area contributed by atoms with Crippen molar-refractivity contribution >= 4 is 17.6 Å². The predicted molar refractivity (Wildman–Crippen MR) is 71.4 cm³/mol.